The van der Waals surface area contributed by atoms with Gasteiger partial charge in [-0.25, -0.2) is 0 Å². The van der Waals surface area contributed by atoms with Crippen molar-refractivity contribution in [3.63, 3.8) is 0 Å². The Balaban J connectivity index is 1.91. The van der Waals surface area contributed by atoms with Crippen LogP contribution in [0.1, 0.15) is 20.8 Å². The van der Waals surface area contributed by atoms with Gasteiger partial charge >= 0.3 is 0 Å². The number of nitrogens with zero attached hydrogens (tertiary/aromatic N) is 1. The van der Waals surface area contributed by atoms with Crippen molar-refractivity contribution in [3.8, 4) is 11.8 Å². The molecule has 0 fully saturated rings. The summed E-state index contributed by atoms with van der Waals surface area (Å²) < 4.78 is 0. The average Bonchev–Trinajstić information content (AvgIpc) is 2.94. The van der Waals surface area contributed by atoms with E-state index in [1.807, 2.05) is 23.6 Å². The van der Waals surface area contributed by atoms with Crippen molar-refractivity contribution in [2.45, 2.75) is 6.42 Å². The Labute approximate surface area is 122 Å². The molecule has 0 aliphatic rings. The van der Waals surface area contributed by atoms with Crippen molar-refractivity contribution in [2.24, 2.45) is 5.73 Å². The van der Waals surface area contributed by atoms with Crippen LogP contribution in [0.5, 0.6) is 0 Å². The van der Waals surface area contributed by atoms with Crippen LogP contribution in [0.4, 0.5) is 0 Å². The number of amides is 1. The van der Waals surface area contributed by atoms with Crippen LogP contribution in [-0.2, 0) is 6.42 Å². The third kappa shape index (κ3) is 3.92. The first-order valence-electron chi connectivity index (χ1n) is 6.25. The Morgan fingerprint density at radius 2 is 2.15 bits per heavy atom. The first-order chi connectivity index (χ1) is 9.81. The molecule has 0 aromatic carbocycles. The molecule has 2 heterocycles. The highest BCUT2D eigenvalue weighted by Crippen LogP contribution is 2.15. The summed E-state index contributed by atoms with van der Waals surface area (Å²) in [6.07, 6.45) is 4.28. The van der Waals surface area contributed by atoms with Crippen LogP contribution in [-0.4, -0.2) is 24.0 Å². The SMILES string of the molecule is NCC#Cc1ccsc1C(=O)NCCc1ccncc1. The Kier molecular flexibility index (Phi) is 5.30. The van der Waals surface area contributed by atoms with Gasteiger partial charge < -0.3 is 11.1 Å². The number of carbonyl (C=O) groups is 1. The maximum atomic E-state index is 12.1. The summed E-state index contributed by atoms with van der Waals surface area (Å²) in [6.45, 7) is 0.878. The lowest BCUT2D eigenvalue weighted by molar-refractivity contribution is 0.0958. The molecule has 0 saturated carbocycles. The zero-order chi connectivity index (χ0) is 14.2. The molecule has 3 N–H and O–H groups in total. The van der Waals surface area contributed by atoms with Gasteiger partial charge in [-0.2, -0.15) is 0 Å². The van der Waals surface area contributed by atoms with Gasteiger partial charge in [0.25, 0.3) is 5.91 Å². The van der Waals surface area contributed by atoms with Crippen LogP contribution in [0.3, 0.4) is 0 Å². The van der Waals surface area contributed by atoms with Crippen LogP contribution in [0, 0.1) is 11.8 Å². The molecule has 4 nitrogen and oxygen atoms in total. The van der Waals surface area contributed by atoms with E-state index in [9.17, 15) is 4.79 Å². The molecular formula is C15H15N3OS. The lowest BCUT2D eigenvalue weighted by Gasteiger charge is -2.04. The Morgan fingerprint density at radius 1 is 1.35 bits per heavy atom. The van der Waals surface area contributed by atoms with E-state index in [0.29, 0.717) is 18.0 Å². The van der Waals surface area contributed by atoms with Crippen LogP contribution >= 0.6 is 11.3 Å². The van der Waals surface area contributed by atoms with Crippen molar-refractivity contribution in [3.05, 3.63) is 52.0 Å². The van der Waals surface area contributed by atoms with Crippen molar-refractivity contribution < 1.29 is 4.79 Å². The van der Waals surface area contributed by atoms with E-state index in [0.717, 1.165) is 17.5 Å². The van der Waals surface area contributed by atoms with Gasteiger partial charge in [0, 0.05) is 24.5 Å². The van der Waals surface area contributed by atoms with Crippen molar-refractivity contribution in [1.29, 1.82) is 0 Å². The number of nitrogens with one attached hydrogen (secondary N) is 1. The summed E-state index contributed by atoms with van der Waals surface area (Å²) in [5.41, 5.74) is 7.23. The molecule has 1 amide bonds. The average molecular weight is 285 g/mol. The third-order valence-corrected chi connectivity index (χ3v) is 3.56. The molecule has 0 radical (unpaired) electrons. The quantitative estimate of drug-likeness (QED) is 0.835. The second-order valence-electron chi connectivity index (χ2n) is 4.03. The summed E-state index contributed by atoms with van der Waals surface area (Å²) in [5, 5.41) is 4.76. The van der Waals surface area contributed by atoms with E-state index in [2.05, 4.69) is 22.1 Å². The zero-order valence-electron chi connectivity index (χ0n) is 10.9. The molecular weight excluding hydrogens is 270 g/mol. The molecule has 0 aliphatic carbocycles. The smallest absolute Gasteiger partial charge is 0.262 e. The zero-order valence-corrected chi connectivity index (χ0v) is 11.7. The van der Waals surface area contributed by atoms with Crippen LogP contribution in [0.15, 0.2) is 36.0 Å². The molecule has 20 heavy (non-hydrogen) atoms. The highest BCUT2D eigenvalue weighted by molar-refractivity contribution is 7.12. The van der Waals surface area contributed by atoms with Crippen LogP contribution < -0.4 is 11.1 Å². The summed E-state index contributed by atoms with van der Waals surface area (Å²) in [4.78, 5) is 16.7. The minimum Gasteiger partial charge on any atom is -0.351 e. The lowest BCUT2D eigenvalue weighted by Crippen LogP contribution is -2.25. The molecule has 102 valence electrons. The fourth-order valence-corrected chi connectivity index (χ4v) is 2.45. The molecule has 2 aromatic rings. The number of thiophene rings is 1. The van der Waals surface area contributed by atoms with Crippen molar-refractivity contribution in [2.75, 3.05) is 13.1 Å². The Morgan fingerprint density at radius 3 is 2.90 bits per heavy atom. The summed E-state index contributed by atoms with van der Waals surface area (Å²) in [7, 11) is 0. The van der Waals surface area contributed by atoms with Crippen LogP contribution in [0.2, 0.25) is 0 Å². The molecule has 0 aliphatic heterocycles. The highest BCUT2D eigenvalue weighted by Gasteiger charge is 2.11. The maximum absolute atomic E-state index is 12.1. The van der Waals surface area contributed by atoms with Gasteiger partial charge in [-0.1, -0.05) is 11.8 Å². The highest BCUT2D eigenvalue weighted by atomic mass is 32.1. The number of hydrogen-bond donors (Lipinski definition) is 2. The standard InChI is InChI=1S/C15H15N3OS/c16-7-1-2-13-6-11-20-14(13)15(19)18-10-5-12-3-8-17-9-4-12/h3-4,6,8-9,11H,5,7,10,16H2,(H,18,19). The van der Waals surface area contributed by atoms with Gasteiger partial charge in [0.1, 0.15) is 4.88 Å². The second-order valence-corrected chi connectivity index (χ2v) is 4.95. The van der Waals surface area contributed by atoms with Crippen molar-refractivity contribution >= 4 is 17.2 Å². The number of aromatic nitrogens is 1. The van der Waals surface area contributed by atoms with Gasteiger partial charge in [-0.3, -0.25) is 9.78 Å². The van der Waals surface area contributed by atoms with Gasteiger partial charge in [0.15, 0.2) is 0 Å². The predicted molar refractivity (Wildman–Crippen MR) is 80.5 cm³/mol. The topological polar surface area (TPSA) is 68.0 Å². The summed E-state index contributed by atoms with van der Waals surface area (Å²) in [6, 6.07) is 5.72. The number of nitrogens with two attached hydrogens (primary N) is 1. The fraction of sp³-hybridized carbons (Fsp3) is 0.200. The first kappa shape index (κ1) is 14.3. The monoisotopic (exact) mass is 285 g/mol. The molecule has 2 rings (SSSR count). The molecule has 2 aromatic heterocycles. The molecule has 5 heteroatoms. The summed E-state index contributed by atoms with van der Waals surface area (Å²) >= 11 is 1.39. The number of carbonyl (C=O) groups excluding carboxylic acids is 1. The third-order valence-electron chi connectivity index (χ3n) is 2.65. The first-order valence-corrected chi connectivity index (χ1v) is 7.12. The Bertz CT molecular complexity index is 625. The fourth-order valence-electron chi connectivity index (χ4n) is 1.68. The minimum absolute atomic E-state index is 0.0876. The van der Waals surface area contributed by atoms with E-state index < -0.39 is 0 Å². The molecule has 0 bridgehead atoms. The van der Waals surface area contributed by atoms with Gasteiger partial charge in [0.05, 0.1) is 6.54 Å². The largest absolute Gasteiger partial charge is 0.351 e. The Hall–Kier alpha value is -2.16. The lowest BCUT2D eigenvalue weighted by atomic mass is 10.2. The predicted octanol–water partition coefficient (Wildman–Crippen LogP) is 1.43. The molecule has 0 saturated heterocycles. The van der Waals surface area contributed by atoms with Gasteiger partial charge in [-0.15, -0.1) is 11.3 Å². The molecule has 0 unspecified atom stereocenters. The van der Waals surface area contributed by atoms with Crippen molar-refractivity contribution in [1.82, 2.24) is 10.3 Å². The maximum Gasteiger partial charge on any atom is 0.262 e. The van der Waals surface area contributed by atoms with E-state index in [4.69, 9.17) is 5.73 Å². The summed E-state index contributed by atoms with van der Waals surface area (Å²) in [5.74, 6) is 5.59. The minimum atomic E-state index is -0.0876. The van der Waals surface area contributed by atoms with Crippen LogP contribution in [0.25, 0.3) is 0 Å². The molecule has 0 atom stereocenters. The van der Waals surface area contributed by atoms with Gasteiger partial charge in [-0.05, 0) is 35.6 Å². The number of rotatable bonds is 4. The van der Waals surface area contributed by atoms with Gasteiger partial charge in [0.2, 0.25) is 0 Å². The molecule has 0 spiro atoms. The van der Waals surface area contributed by atoms with E-state index in [1.165, 1.54) is 11.3 Å². The van der Waals surface area contributed by atoms with E-state index >= 15 is 0 Å². The van der Waals surface area contributed by atoms with E-state index in [1.54, 1.807) is 12.4 Å². The number of pyridine rings is 1. The van der Waals surface area contributed by atoms with E-state index in [-0.39, 0.29) is 5.91 Å². The second kappa shape index (κ2) is 7.43. The number of hydrogen-bond acceptors (Lipinski definition) is 4. The normalized spacial score (nSPS) is 9.65.